The molecule has 1 rings (SSSR count). The van der Waals surface area contributed by atoms with E-state index in [9.17, 15) is 0 Å². The van der Waals surface area contributed by atoms with Crippen molar-refractivity contribution in [3.8, 4) is 0 Å². The van der Waals surface area contributed by atoms with E-state index in [4.69, 9.17) is 10.5 Å². The Kier molecular flexibility index (Phi) is 5.37. The van der Waals surface area contributed by atoms with Crippen LogP contribution in [0.4, 0.5) is 0 Å². The average Bonchev–Trinajstić information content (AvgIpc) is 2.65. The van der Waals surface area contributed by atoms with Crippen LogP contribution in [0.2, 0.25) is 0 Å². The molecule has 1 aliphatic rings. The lowest BCUT2D eigenvalue weighted by molar-refractivity contribution is 0.197. The number of nitrogens with two attached hydrogens (primary N) is 1. The van der Waals surface area contributed by atoms with Crippen LogP contribution in [0.3, 0.4) is 0 Å². The molecule has 0 amide bonds. The van der Waals surface area contributed by atoms with Crippen LogP contribution in [0.1, 0.15) is 32.1 Å². The lowest BCUT2D eigenvalue weighted by Crippen LogP contribution is -2.38. The van der Waals surface area contributed by atoms with Crippen molar-refractivity contribution in [2.45, 2.75) is 38.1 Å². The van der Waals surface area contributed by atoms with Crippen LogP contribution in [-0.4, -0.2) is 32.3 Å². The number of hydrogen-bond donors (Lipinski definition) is 2. The van der Waals surface area contributed by atoms with Gasteiger partial charge in [0.2, 0.25) is 0 Å². The molecular weight excluding hydrogens is 178 g/mol. The normalized spacial score (nSPS) is 18.8. The summed E-state index contributed by atoms with van der Waals surface area (Å²) in [4.78, 5) is 4.23. The number of nitrogens with zero attached hydrogens (tertiary/aromatic N) is 1. The monoisotopic (exact) mass is 199 g/mol. The third kappa shape index (κ3) is 4.46. The van der Waals surface area contributed by atoms with Crippen molar-refractivity contribution >= 4 is 5.96 Å². The summed E-state index contributed by atoms with van der Waals surface area (Å²) >= 11 is 0. The molecule has 1 aliphatic carbocycles. The molecule has 1 saturated carbocycles. The highest BCUT2D eigenvalue weighted by Crippen LogP contribution is 2.17. The van der Waals surface area contributed by atoms with Crippen molar-refractivity contribution < 1.29 is 4.74 Å². The van der Waals surface area contributed by atoms with E-state index in [1.165, 1.54) is 25.7 Å². The molecule has 14 heavy (non-hydrogen) atoms. The predicted molar refractivity (Wildman–Crippen MR) is 58.4 cm³/mol. The number of methoxy groups -OCH3 is 1. The van der Waals surface area contributed by atoms with E-state index in [0.717, 1.165) is 19.6 Å². The highest BCUT2D eigenvalue weighted by atomic mass is 16.5. The summed E-state index contributed by atoms with van der Waals surface area (Å²) in [6.45, 7) is 1.50. The minimum absolute atomic E-state index is 0.557. The molecule has 0 aliphatic heterocycles. The van der Waals surface area contributed by atoms with Crippen molar-refractivity contribution in [1.82, 2.24) is 5.32 Å². The lowest BCUT2D eigenvalue weighted by Gasteiger charge is -2.11. The summed E-state index contributed by atoms with van der Waals surface area (Å²) in [6, 6.07) is 0.557. The molecule has 0 saturated heterocycles. The van der Waals surface area contributed by atoms with Crippen LogP contribution in [0, 0.1) is 0 Å². The summed E-state index contributed by atoms with van der Waals surface area (Å²) in [5, 5.41) is 3.24. The van der Waals surface area contributed by atoms with Gasteiger partial charge in [-0.2, -0.15) is 0 Å². The van der Waals surface area contributed by atoms with E-state index >= 15 is 0 Å². The van der Waals surface area contributed by atoms with Gasteiger partial charge in [-0.15, -0.1) is 0 Å². The molecule has 4 heteroatoms. The van der Waals surface area contributed by atoms with Gasteiger partial charge in [0.15, 0.2) is 5.96 Å². The minimum atomic E-state index is 0.557. The number of ether oxygens (including phenoxy) is 1. The Morgan fingerprint density at radius 1 is 1.50 bits per heavy atom. The van der Waals surface area contributed by atoms with E-state index in [1.807, 2.05) is 0 Å². The largest absolute Gasteiger partial charge is 0.385 e. The van der Waals surface area contributed by atoms with Crippen LogP contribution in [-0.2, 0) is 4.74 Å². The zero-order valence-corrected chi connectivity index (χ0v) is 8.96. The van der Waals surface area contributed by atoms with Crippen LogP contribution in [0.5, 0.6) is 0 Å². The van der Waals surface area contributed by atoms with Crippen LogP contribution < -0.4 is 11.1 Å². The van der Waals surface area contributed by atoms with Gasteiger partial charge in [0, 0.05) is 26.3 Å². The molecule has 0 unspecified atom stereocenters. The van der Waals surface area contributed by atoms with Gasteiger partial charge >= 0.3 is 0 Å². The van der Waals surface area contributed by atoms with Crippen molar-refractivity contribution in [1.29, 1.82) is 0 Å². The molecule has 0 heterocycles. The summed E-state index contributed by atoms with van der Waals surface area (Å²) in [5.74, 6) is 0.591. The summed E-state index contributed by atoms with van der Waals surface area (Å²) in [5.41, 5.74) is 5.73. The Labute approximate surface area is 85.9 Å². The maximum absolute atomic E-state index is 5.73. The quantitative estimate of drug-likeness (QED) is 0.392. The number of aliphatic imine (C=N–C) groups is 1. The van der Waals surface area contributed by atoms with Crippen LogP contribution in [0.15, 0.2) is 4.99 Å². The molecule has 82 valence electrons. The standard InChI is InChI=1S/C10H21N3O/c1-14-8-4-7-12-10(11)13-9-5-2-3-6-9/h9H,2-8H2,1H3,(H3,11,12,13). The minimum Gasteiger partial charge on any atom is -0.385 e. The van der Waals surface area contributed by atoms with E-state index in [-0.39, 0.29) is 0 Å². The topological polar surface area (TPSA) is 59.6 Å². The molecule has 4 nitrogen and oxygen atoms in total. The Balaban J connectivity index is 2.09. The fourth-order valence-corrected chi connectivity index (χ4v) is 1.73. The highest BCUT2D eigenvalue weighted by Gasteiger charge is 2.14. The first-order chi connectivity index (χ1) is 6.83. The molecule has 3 N–H and O–H groups in total. The maximum atomic E-state index is 5.73. The zero-order valence-electron chi connectivity index (χ0n) is 8.96. The molecule has 0 aromatic carbocycles. The maximum Gasteiger partial charge on any atom is 0.188 e. The highest BCUT2D eigenvalue weighted by molar-refractivity contribution is 5.78. The molecule has 0 aromatic rings. The molecular formula is C10H21N3O. The van der Waals surface area contributed by atoms with E-state index in [0.29, 0.717) is 12.0 Å². The first kappa shape index (κ1) is 11.3. The smallest absolute Gasteiger partial charge is 0.188 e. The Morgan fingerprint density at radius 3 is 2.86 bits per heavy atom. The number of hydrogen-bond acceptors (Lipinski definition) is 2. The third-order valence-electron chi connectivity index (χ3n) is 2.50. The molecule has 0 radical (unpaired) electrons. The number of nitrogens with one attached hydrogen (secondary N) is 1. The van der Waals surface area contributed by atoms with Crippen LogP contribution in [0.25, 0.3) is 0 Å². The third-order valence-corrected chi connectivity index (χ3v) is 2.50. The number of rotatable bonds is 5. The lowest BCUT2D eigenvalue weighted by atomic mass is 10.2. The van der Waals surface area contributed by atoms with Gasteiger partial charge in [0.05, 0.1) is 0 Å². The first-order valence-electron chi connectivity index (χ1n) is 5.38. The molecule has 0 aromatic heterocycles. The molecule has 1 fully saturated rings. The van der Waals surface area contributed by atoms with Gasteiger partial charge in [0.1, 0.15) is 0 Å². The van der Waals surface area contributed by atoms with Gasteiger partial charge in [-0.1, -0.05) is 12.8 Å². The van der Waals surface area contributed by atoms with E-state index in [1.54, 1.807) is 7.11 Å². The summed E-state index contributed by atoms with van der Waals surface area (Å²) in [7, 11) is 1.70. The van der Waals surface area contributed by atoms with E-state index < -0.39 is 0 Å². The van der Waals surface area contributed by atoms with Gasteiger partial charge in [-0.25, -0.2) is 0 Å². The average molecular weight is 199 g/mol. The molecule has 0 atom stereocenters. The molecule has 0 spiro atoms. The predicted octanol–water partition coefficient (Wildman–Crippen LogP) is 0.870. The Bertz CT molecular complexity index is 176. The van der Waals surface area contributed by atoms with Crippen molar-refractivity contribution in [3.63, 3.8) is 0 Å². The second-order valence-electron chi connectivity index (χ2n) is 3.74. The Hall–Kier alpha value is -0.770. The van der Waals surface area contributed by atoms with Crippen LogP contribution >= 0.6 is 0 Å². The van der Waals surface area contributed by atoms with Crippen molar-refractivity contribution in [3.05, 3.63) is 0 Å². The Morgan fingerprint density at radius 2 is 2.21 bits per heavy atom. The number of guanidine groups is 1. The van der Waals surface area contributed by atoms with Crippen molar-refractivity contribution in [2.24, 2.45) is 10.7 Å². The first-order valence-corrected chi connectivity index (χ1v) is 5.38. The zero-order chi connectivity index (χ0) is 10.2. The second-order valence-corrected chi connectivity index (χ2v) is 3.74. The summed E-state index contributed by atoms with van der Waals surface area (Å²) < 4.78 is 4.93. The van der Waals surface area contributed by atoms with E-state index in [2.05, 4.69) is 10.3 Å². The van der Waals surface area contributed by atoms with Gasteiger partial charge < -0.3 is 15.8 Å². The van der Waals surface area contributed by atoms with Gasteiger partial charge in [-0.3, -0.25) is 4.99 Å². The summed E-state index contributed by atoms with van der Waals surface area (Å²) in [6.07, 6.45) is 6.02. The SMILES string of the molecule is COCCCN=C(N)NC1CCCC1. The van der Waals surface area contributed by atoms with Crippen molar-refractivity contribution in [2.75, 3.05) is 20.3 Å². The fraction of sp³-hybridized carbons (Fsp3) is 0.900. The van der Waals surface area contributed by atoms with Gasteiger partial charge in [0.25, 0.3) is 0 Å². The second kappa shape index (κ2) is 6.65. The molecule has 0 bridgehead atoms. The fourth-order valence-electron chi connectivity index (χ4n) is 1.73. The van der Waals surface area contributed by atoms with Gasteiger partial charge in [-0.05, 0) is 19.3 Å².